The summed E-state index contributed by atoms with van der Waals surface area (Å²) in [6, 6.07) is 5.13. The molecule has 0 aromatic carbocycles. The van der Waals surface area contributed by atoms with Crippen LogP contribution in [0.5, 0.6) is 0 Å². The SMILES string of the molecule is CCC(O)(CC)CNCCn1ccccc1=O. The molecule has 0 amide bonds. The summed E-state index contributed by atoms with van der Waals surface area (Å²) in [6.45, 7) is 5.84. The minimum Gasteiger partial charge on any atom is -0.389 e. The van der Waals surface area contributed by atoms with Crippen molar-refractivity contribution in [1.29, 1.82) is 0 Å². The van der Waals surface area contributed by atoms with Gasteiger partial charge in [-0.3, -0.25) is 4.79 Å². The Morgan fingerprint density at radius 2 is 2.06 bits per heavy atom. The van der Waals surface area contributed by atoms with Gasteiger partial charge in [-0.05, 0) is 18.9 Å². The molecule has 1 heterocycles. The van der Waals surface area contributed by atoms with Crippen molar-refractivity contribution in [3.63, 3.8) is 0 Å². The van der Waals surface area contributed by atoms with Crippen LogP contribution in [0.1, 0.15) is 26.7 Å². The van der Waals surface area contributed by atoms with Crippen LogP contribution in [0.15, 0.2) is 29.2 Å². The molecule has 0 radical (unpaired) electrons. The van der Waals surface area contributed by atoms with Crippen molar-refractivity contribution in [1.82, 2.24) is 9.88 Å². The molecule has 1 aromatic heterocycles. The molecule has 0 atom stereocenters. The minimum atomic E-state index is -0.623. The van der Waals surface area contributed by atoms with E-state index in [2.05, 4.69) is 5.32 Å². The molecule has 96 valence electrons. The minimum absolute atomic E-state index is 0.00976. The zero-order valence-corrected chi connectivity index (χ0v) is 10.6. The van der Waals surface area contributed by atoms with Gasteiger partial charge < -0.3 is 15.0 Å². The summed E-state index contributed by atoms with van der Waals surface area (Å²) in [7, 11) is 0. The van der Waals surface area contributed by atoms with Crippen molar-refractivity contribution in [3.8, 4) is 0 Å². The number of nitrogens with zero attached hydrogens (tertiary/aromatic N) is 1. The second kappa shape index (κ2) is 6.57. The summed E-state index contributed by atoms with van der Waals surface area (Å²) in [6.07, 6.45) is 3.25. The van der Waals surface area contributed by atoms with Crippen molar-refractivity contribution in [2.75, 3.05) is 13.1 Å². The van der Waals surface area contributed by atoms with Crippen molar-refractivity contribution >= 4 is 0 Å². The van der Waals surface area contributed by atoms with Crippen molar-refractivity contribution in [2.45, 2.75) is 38.8 Å². The molecule has 0 fully saturated rings. The fourth-order valence-corrected chi connectivity index (χ4v) is 1.67. The third kappa shape index (κ3) is 4.32. The number of nitrogens with one attached hydrogen (secondary N) is 1. The number of hydrogen-bond donors (Lipinski definition) is 2. The molecule has 2 N–H and O–H groups in total. The van der Waals surface area contributed by atoms with Gasteiger partial charge in [0.15, 0.2) is 0 Å². The van der Waals surface area contributed by atoms with Gasteiger partial charge in [-0.1, -0.05) is 19.9 Å². The third-order valence-electron chi connectivity index (χ3n) is 3.20. The molecule has 0 spiro atoms. The summed E-state index contributed by atoms with van der Waals surface area (Å²) in [5.41, 5.74) is -0.614. The van der Waals surface area contributed by atoms with Crippen LogP contribution in [-0.2, 0) is 6.54 Å². The summed E-state index contributed by atoms with van der Waals surface area (Å²) >= 11 is 0. The lowest BCUT2D eigenvalue weighted by molar-refractivity contribution is 0.0326. The molecule has 0 bridgehead atoms. The average molecular weight is 238 g/mol. The Hall–Kier alpha value is -1.13. The number of aromatic nitrogens is 1. The maximum atomic E-state index is 11.4. The fraction of sp³-hybridized carbons (Fsp3) is 0.615. The predicted molar refractivity (Wildman–Crippen MR) is 69.1 cm³/mol. The van der Waals surface area contributed by atoms with Crippen molar-refractivity contribution in [3.05, 3.63) is 34.7 Å². The van der Waals surface area contributed by atoms with E-state index in [0.717, 1.165) is 12.8 Å². The lowest BCUT2D eigenvalue weighted by atomic mass is 9.98. The Balaban J connectivity index is 2.34. The van der Waals surface area contributed by atoms with Gasteiger partial charge in [0.1, 0.15) is 0 Å². The normalized spacial score (nSPS) is 11.7. The van der Waals surface area contributed by atoms with E-state index in [4.69, 9.17) is 0 Å². The van der Waals surface area contributed by atoms with Crippen LogP contribution in [0, 0.1) is 0 Å². The molecule has 0 unspecified atom stereocenters. The fourth-order valence-electron chi connectivity index (χ4n) is 1.67. The van der Waals surface area contributed by atoms with E-state index in [1.54, 1.807) is 22.9 Å². The molecule has 0 saturated heterocycles. The van der Waals surface area contributed by atoms with Crippen LogP contribution in [0.4, 0.5) is 0 Å². The highest BCUT2D eigenvalue weighted by Gasteiger charge is 2.20. The summed E-state index contributed by atoms with van der Waals surface area (Å²) in [5.74, 6) is 0. The summed E-state index contributed by atoms with van der Waals surface area (Å²) < 4.78 is 1.66. The maximum Gasteiger partial charge on any atom is 0.250 e. The van der Waals surface area contributed by atoms with Gasteiger partial charge in [-0.25, -0.2) is 0 Å². The lowest BCUT2D eigenvalue weighted by Crippen LogP contribution is -2.41. The number of hydrogen-bond acceptors (Lipinski definition) is 3. The molecule has 0 aliphatic rings. The second-order valence-corrected chi connectivity index (χ2v) is 4.34. The maximum absolute atomic E-state index is 11.4. The molecular formula is C13H22N2O2. The van der Waals surface area contributed by atoms with Crippen molar-refractivity contribution < 1.29 is 5.11 Å². The quantitative estimate of drug-likeness (QED) is 0.697. The van der Waals surface area contributed by atoms with E-state index in [1.807, 2.05) is 19.9 Å². The first-order valence-electron chi connectivity index (χ1n) is 6.20. The Labute approximate surface area is 102 Å². The van der Waals surface area contributed by atoms with Crippen LogP contribution in [0.3, 0.4) is 0 Å². The smallest absolute Gasteiger partial charge is 0.250 e. The molecule has 0 saturated carbocycles. The molecule has 17 heavy (non-hydrogen) atoms. The van der Waals surface area contributed by atoms with E-state index < -0.39 is 5.60 Å². The van der Waals surface area contributed by atoms with Crippen LogP contribution >= 0.6 is 0 Å². The molecule has 0 aliphatic heterocycles. The van der Waals surface area contributed by atoms with Gasteiger partial charge in [0, 0.05) is 31.9 Å². The number of pyridine rings is 1. The first-order valence-corrected chi connectivity index (χ1v) is 6.20. The Kier molecular flexibility index (Phi) is 5.38. The van der Waals surface area contributed by atoms with Crippen molar-refractivity contribution in [2.24, 2.45) is 0 Å². The standard InChI is InChI=1S/C13H22N2O2/c1-3-13(17,4-2)11-14-8-10-15-9-6-5-7-12(15)16/h5-7,9,14,17H,3-4,8,10-11H2,1-2H3. The van der Waals surface area contributed by atoms with Gasteiger partial charge in [0.25, 0.3) is 5.56 Å². The highest BCUT2D eigenvalue weighted by Crippen LogP contribution is 2.12. The van der Waals surface area contributed by atoms with Crippen LogP contribution in [0.2, 0.25) is 0 Å². The van der Waals surface area contributed by atoms with E-state index >= 15 is 0 Å². The topological polar surface area (TPSA) is 54.3 Å². The van der Waals surface area contributed by atoms with E-state index in [1.165, 1.54) is 0 Å². The molecular weight excluding hydrogens is 216 g/mol. The molecule has 0 aliphatic carbocycles. The first kappa shape index (κ1) is 13.9. The van der Waals surface area contributed by atoms with E-state index in [0.29, 0.717) is 19.6 Å². The lowest BCUT2D eigenvalue weighted by Gasteiger charge is -2.25. The van der Waals surface area contributed by atoms with Gasteiger partial charge in [-0.15, -0.1) is 0 Å². The zero-order valence-electron chi connectivity index (χ0n) is 10.6. The van der Waals surface area contributed by atoms with Crippen LogP contribution < -0.4 is 10.9 Å². The van der Waals surface area contributed by atoms with Gasteiger partial charge in [0.05, 0.1) is 5.60 Å². The second-order valence-electron chi connectivity index (χ2n) is 4.34. The summed E-state index contributed by atoms with van der Waals surface area (Å²) in [4.78, 5) is 11.4. The third-order valence-corrected chi connectivity index (χ3v) is 3.20. The largest absolute Gasteiger partial charge is 0.389 e. The first-order chi connectivity index (χ1) is 8.11. The van der Waals surface area contributed by atoms with Gasteiger partial charge >= 0.3 is 0 Å². The predicted octanol–water partition coefficient (Wildman–Crippen LogP) is 0.989. The zero-order chi connectivity index (χ0) is 12.7. The van der Waals surface area contributed by atoms with Crippen LogP contribution in [-0.4, -0.2) is 28.4 Å². The molecule has 4 nitrogen and oxygen atoms in total. The van der Waals surface area contributed by atoms with Gasteiger partial charge in [-0.2, -0.15) is 0 Å². The monoisotopic (exact) mass is 238 g/mol. The Bertz CT molecular complexity index is 383. The number of rotatable bonds is 7. The van der Waals surface area contributed by atoms with Crippen LogP contribution in [0.25, 0.3) is 0 Å². The Morgan fingerprint density at radius 1 is 1.35 bits per heavy atom. The molecule has 1 aromatic rings. The molecule has 4 heteroatoms. The van der Waals surface area contributed by atoms with Gasteiger partial charge in [0.2, 0.25) is 0 Å². The average Bonchev–Trinajstić information content (AvgIpc) is 2.36. The number of aliphatic hydroxyl groups is 1. The molecule has 1 rings (SSSR count). The highest BCUT2D eigenvalue weighted by atomic mass is 16.3. The van der Waals surface area contributed by atoms with E-state index in [9.17, 15) is 9.90 Å². The highest BCUT2D eigenvalue weighted by molar-refractivity contribution is 4.93. The Morgan fingerprint density at radius 3 is 2.65 bits per heavy atom. The summed E-state index contributed by atoms with van der Waals surface area (Å²) in [5, 5.41) is 13.2. The van der Waals surface area contributed by atoms with E-state index in [-0.39, 0.29) is 5.56 Å².